The van der Waals surface area contributed by atoms with Crippen molar-refractivity contribution in [3.05, 3.63) is 64.2 Å². The number of amides is 1. The largest absolute Gasteiger partial charge is 0.462 e. The highest BCUT2D eigenvalue weighted by Gasteiger charge is 2.28. The minimum Gasteiger partial charge on any atom is -0.462 e. The van der Waals surface area contributed by atoms with Gasteiger partial charge in [-0.2, -0.15) is 0 Å². The van der Waals surface area contributed by atoms with Crippen LogP contribution < -0.4 is 5.32 Å². The second kappa shape index (κ2) is 9.74. The lowest BCUT2D eigenvalue weighted by Crippen LogP contribution is -2.21. The molecule has 0 spiro atoms. The second-order valence-corrected chi connectivity index (χ2v) is 8.30. The number of para-hydroxylation sites is 1. The van der Waals surface area contributed by atoms with Crippen LogP contribution in [0, 0.1) is 0 Å². The monoisotopic (exact) mass is 450 g/mol. The predicted molar refractivity (Wildman–Crippen MR) is 123 cm³/mol. The molecule has 1 amide bonds. The van der Waals surface area contributed by atoms with Crippen molar-refractivity contribution in [1.82, 2.24) is 4.98 Å². The first-order valence-electron chi connectivity index (χ1n) is 10.4. The molecule has 164 valence electrons. The first kappa shape index (κ1) is 21.7. The number of hydrogen-bond donors (Lipinski definition) is 1. The van der Waals surface area contributed by atoms with E-state index in [1.54, 1.807) is 19.2 Å². The Hall–Kier alpha value is -3.52. The van der Waals surface area contributed by atoms with E-state index >= 15 is 0 Å². The first-order valence-corrected chi connectivity index (χ1v) is 11.2. The van der Waals surface area contributed by atoms with Crippen molar-refractivity contribution in [3.63, 3.8) is 0 Å². The third-order valence-corrected chi connectivity index (χ3v) is 6.27. The summed E-state index contributed by atoms with van der Waals surface area (Å²) in [5, 5.41) is 4.11. The van der Waals surface area contributed by atoms with Gasteiger partial charge in [-0.05, 0) is 43.9 Å². The molecule has 1 N–H and O–H groups in total. The number of pyridine rings is 1. The Bertz CT molecular complexity index is 1210. The molecule has 0 bridgehead atoms. The van der Waals surface area contributed by atoms with E-state index in [1.807, 2.05) is 30.3 Å². The molecule has 0 aliphatic heterocycles. The van der Waals surface area contributed by atoms with Gasteiger partial charge in [-0.15, -0.1) is 11.3 Å². The normalized spacial score (nSPS) is 12.7. The number of nitrogens with zero attached hydrogens (tertiary/aromatic N) is 1. The molecule has 0 unspecified atom stereocenters. The number of hydrogen-bond acceptors (Lipinski definition) is 7. The van der Waals surface area contributed by atoms with Crippen molar-refractivity contribution in [2.24, 2.45) is 0 Å². The molecular formula is C24H22N2O5S. The van der Waals surface area contributed by atoms with Gasteiger partial charge in [-0.25, -0.2) is 9.59 Å². The molecule has 0 fully saturated rings. The summed E-state index contributed by atoms with van der Waals surface area (Å²) in [6.45, 7) is 1.54. The fourth-order valence-corrected chi connectivity index (χ4v) is 4.97. The molecule has 8 heteroatoms. The highest BCUT2D eigenvalue weighted by atomic mass is 32.1. The van der Waals surface area contributed by atoms with Gasteiger partial charge in [0.1, 0.15) is 5.00 Å². The average molecular weight is 451 g/mol. The number of carbonyl (C=O) groups is 3. The molecule has 32 heavy (non-hydrogen) atoms. The van der Waals surface area contributed by atoms with Crippen LogP contribution in [-0.2, 0) is 31.9 Å². The molecule has 0 atom stereocenters. The molecule has 1 aliphatic carbocycles. The Kier molecular flexibility index (Phi) is 6.61. The van der Waals surface area contributed by atoms with E-state index in [-0.39, 0.29) is 6.61 Å². The summed E-state index contributed by atoms with van der Waals surface area (Å²) < 4.78 is 10.2. The number of aryl methyl sites for hydroxylation is 1. The molecule has 1 aromatic carbocycles. The van der Waals surface area contributed by atoms with E-state index in [0.29, 0.717) is 10.6 Å². The molecule has 2 aromatic heterocycles. The molecule has 2 heterocycles. The van der Waals surface area contributed by atoms with Gasteiger partial charge in [-0.1, -0.05) is 24.3 Å². The van der Waals surface area contributed by atoms with Gasteiger partial charge in [0, 0.05) is 28.1 Å². The Morgan fingerprint density at radius 2 is 2.00 bits per heavy atom. The summed E-state index contributed by atoms with van der Waals surface area (Å²) in [4.78, 5) is 42.3. The molecular weight excluding hydrogens is 428 g/mol. The predicted octanol–water partition coefficient (Wildman–Crippen LogP) is 4.16. The Morgan fingerprint density at radius 3 is 2.84 bits per heavy atom. The third kappa shape index (κ3) is 4.70. The smallest absolute Gasteiger partial charge is 0.341 e. The number of rotatable bonds is 7. The Labute approximate surface area is 189 Å². The van der Waals surface area contributed by atoms with E-state index in [4.69, 9.17) is 9.47 Å². The number of fused-ring (bicyclic) bond motifs is 2. The van der Waals surface area contributed by atoms with Crippen LogP contribution >= 0.6 is 11.3 Å². The van der Waals surface area contributed by atoms with Crippen LogP contribution in [-0.4, -0.2) is 36.0 Å². The van der Waals surface area contributed by atoms with E-state index in [9.17, 15) is 14.4 Å². The van der Waals surface area contributed by atoms with Gasteiger partial charge in [0.05, 0.1) is 17.7 Å². The Morgan fingerprint density at radius 1 is 1.16 bits per heavy atom. The number of carbonyl (C=O) groups excluding carboxylic acids is 3. The number of aromatic nitrogens is 1. The summed E-state index contributed by atoms with van der Waals surface area (Å²) >= 11 is 1.38. The zero-order valence-electron chi connectivity index (χ0n) is 17.6. The first-order chi connectivity index (χ1) is 15.6. The maximum absolute atomic E-state index is 12.4. The summed E-state index contributed by atoms with van der Waals surface area (Å²) in [5.41, 5.74) is 2.92. The van der Waals surface area contributed by atoms with Gasteiger partial charge >= 0.3 is 11.9 Å². The van der Waals surface area contributed by atoms with Gasteiger partial charge in [-0.3, -0.25) is 9.78 Å². The number of nitrogens with one attached hydrogen (secondary N) is 1. The van der Waals surface area contributed by atoms with Crippen molar-refractivity contribution in [2.45, 2.75) is 26.2 Å². The molecule has 3 aromatic rings. The van der Waals surface area contributed by atoms with Crippen molar-refractivity contribution in [1.29, 1.82) is 0 Å². The van der Waals surface area contributed by atoms with Crippen molar-refractivity contribution < 1.29 is 23.9 Å². The number of thiophene rings is 1. The quantitative estimate of drug-likeness (QED) is 0.429. The lowest BCUT2D eigenvalue weighted by atomic mass is 10.1. The van der Waals surface area contributed by atoms with Crippen molar-refractivity contribution in [2.75, 3.05) is 18.5 Å². The van der Waals surface area contributed by atoms with Crippen LogP contribution in [0.2, 0.25) is 0 Å². The standard InChI is InChI=1S/C24H22N2O5S/c1-2-30-24(29)21-17-9-4-10-18(17)32-23(21)26-19(27)14-31-20(28)12-11-16-7-3-6-15-8-5-13-25-22(15)16/h3,5-8,11-13H,2,4,9-10,14H2,1H3,(H,26,27)/b12-11+. The van der Waals surface area contributed by atoms with Gasteiger partial charge in [0.2, 0.25) is 0 Å². The summed E-state index contributed by atoms with van der Waals surface area (Å²) in [5.74, 6) is -1.60. The molecule has 0 radical (unpaired) electrons. The average Bonchev–Trinajstić information content (AvgIpc) is 3.37. The summed E-state index contributed by atoms with van der Waals surface area (Å²) in [7, 11) is 0. The highest BCUT2D eigenvalue weighted by Crippen LogP contribution is 2.39. The van der Waals surface area contributed by atoms with E-state index in [0.717, 1.165) is 46.2 Å². The zero-order valence-corrected chi connectivity index (χ0v) is 18.4. The summed E-state index contributed by atoms with van der Waals surface area (Å²) in [6, 6.07) is 9.44. The SMILES string of the molecule is CCOC(=O)c1c(NC(=O)COC(=O)/C=C/c2cccc3cccnc23)sc2c1CCC2. The summed E-state index contributed by atoms with van der Waals surface area (Å²) in [6.07, 6.45) is 7.22. The van der Waals surface area contributed by atoms with E-state index < -0.39 is 24.5 Å². The van der Waals surface area contributed by atoms with Crippen molar-refractivity contribution >= 4 is 51.2 Å². The minimum absolute atomic E-state index is 0.257. The fourth-order valence-electron chi connectivity index (χ4n) is 3.68. The number of anilines is 1. The topological polar surface area (TPSA) is 94.6 Å². The van der Waals surface area contributed by atoms with Gasteiger partial charge < -0.3 is 14.8 Å². The number of ether oxygens (including phenoxy) is 2. The van der Waals surface area contributed by atoms with Crippen LogP contribution in [0.25, 0.3) is 17.0 Å². The highest BCUT2D eigenvalue weighted by molar-refractivity contribution is 7.17. The van der Waals surface area contributed by atoms with Crippen LogP contribution in [0.4, 0.5) is 5.00 Å². The molecule has 7 nitrogen and oxygen atoms in total. The maximum atomic E-state index is 12.4. The minimum atomic E-state index is -0.646. The van der Waals surface area contributed by atoms with Crippen LogP contribution in [0.5, 0.6) is 0 Å². The van der Waals surface area contributed by atoms with Crippen LogP contribution in [0.3, 0.4) is 0 Å². The van der Waals surface area contributed by atoms with E-state index in [1.165, 1.54) is 17.4 Å². The molecule has 1 aliphatic rings. The molecule has 4 rings (SSSR count). The molecule has 0 saturated heterocycles. The molecule has 0 saturated carbocycles. The van der Waals surface area contributed by atoms with Crippen LogP contribution in [0.15, 0.2) is 42.6 Å². The van der Waals surface area contributed by atoms with Crippen LogP contribution in [0.1, 0.15) is 39.7 Å². The van der Waals surface area contributed by atoms with Gasteiger partial charge in [0.15, 0.2) is 6.61 Å². The number of benzene rings is 1. The lowest BCUT2D eigenvalue weighted by Gasteiger charge is -2.08. The van der Waals surface area contributed by atoms with Crippen molar-refractivity contribution in [3.8, 4) is 0 Å². The van der Waals surface area contributed by atoms with Gasteiger partial charge in [0.25, 0.3) is 5.91 Å². The second-order valence-electron chi connectivity index (χ2n) is 7.19. The number of esters is 2. The third-order valence-electron chi connectivity index (χ3n) is 5.06. The maximum Gasteiger partial charge on any atom is 0.341 e. The Balaban J connectivity index is 1.38. The fraction of sp³-hybridized carbons (Fsp3) is 0.250. The zero-order chi connectivity index (χ0) is 22.5. The van der Waals surface area contributed by atoms with E-state index in [2.05, 4.69) is 10.3 Å². The lowest BCUT2D eigenvalue weighted by molar-refractivity contribution is -0.142.